The molecule has 1 aromatic heterocycles. The minimum atomic E-state index is 0.286. The average molecular weight is 243 g/mol. The lowest BCUT2D eigenvalue weighted by atomic mass is 10.3. The molecule has 0 saturated carbocycles. The predicted molar refractivity (Wildman–Crippen MR) is 53.8 cm³/mol. The molecule has 2 heterocycles. The number of nitrogens with one attached hydrogen (secondary N) is 1. The van der Waals surface area contributed by atoms with Gasteiger partial charge in [0.1, 0.15) is 6.10 Å². The van der Waals surface area contributed by atoms with Gasteiger partial charge in [-0.05, 0) is 35.0 Å². The third kappa shape index (κ3) is 2.42. The molecule has 1 aliphatic heterocycles. The molecule has 13 heavy (non-hydrogen) atoms. The van der Waals surface area contributed by atoms with Gasteiger partial charge in [0.05, 0.1) is 0 Å². The van der Waals surface area contributed by atoms with Gasteiger partial charge < -0.3 is 10.1 Å². The zero-order chi connectivity index (χ0) is 9.10. The van der Waals surface area contributed by atoms with Gasteiger partial charge in [-0.2, -0.15) is 0 Å². The number of rotatable bonds is 2. The average Bonchev–Trinajstić information content (AvgIpc) is 2.62. The second kappa shape index (κ2) is 4.07. The van der Waals surface area contributed by atoms with E-state index in [0.29, 0.717) is 5.88 Å². The molecule has 1 atom stereocenters. The molecule has 1 aliphatic rings. The van der Waals surface area contributed by atoms with Crippen LogP contribution in [0.5, 0.6) is 5.88 Å². The molecule has 0 unspecified atom stereocenters. The number of ether oxygens (including phenoxy) is 1. The second-order valence-corrected chi connectivity index (χ2v) is 3.96. The summed E-state index contributed by atoms with van der Waals surface area (Å²) >= 11 is 3.33. The van der Waals surface area contributed by atoms with Gasteiger partial charge in [-0.3, -0.25) is 0 Å². The van der Waals surface area contributed by atoms with Crippen LogP contribution in [0, 0.1) is 0 Å². The molecule has 1 saturated heterocycles. The fourth-order valence-electron chi connectivity index (χ4n) is 1.33. The normalized spacial score (nSPS) is 21.8. The van der Waals surface area contributed by atoms with Crippen molar-refractivity contribution in [1.29, 1.82) is 0 Å². The van der Waals surface area contributed by atoms with Crippen LogP contribution < -0.4 is 10.1 Å². The first-order chi connectivity index (χ1) is 6.34. The van der Waals surface area contributed by atoms with Gasteiger partial charge in [-0.15, -0.1) is 0 Å². The van der Waals surface area contributed by atoms with Crippen LogP contribution in [0.4, 0.5) is 0 Å². The van der Waals surface area contributed by atoms with Crippen LogP contribution in [-0.2, 0) is 0 Å². The molecule has 1 N–H and O–H groups in total. The van der Waals surface area contributed by atoms with Crippen LogP contribution in [0.1, 0.15) is 6.42 Å². The Morgan fingerprint density at radius 1 is 1.54 bits per heavy atom. The van der Waals surface area contributed by atoms with E-state index in [9.17, 15) is 0 Å². The molecule has 0 radical (unpaired) electrons. The molecule has 0 aromatic carbocycles. The lowest BCUT2D eigenvalue weighted by Crippen LogP contribution is -2.19. The zero-order valence-corrected chi connectivity index (χ0v) is 8.75. The number of nitrogens with zero attached hydrogens (tertiary/aromatic N) is 1. The van der Waals surface area contributed by atoms with E-state index < -0.39 is 0 Å². The number of hydrogen-bond donors (Lipinski definition) is 1. The maximum Gasteiger partial charge on any atom is 0.213 e. The Kier molecular flexibility index (Phi) is 2.80. The lowest BCUT2D eigenvalue weighted by Gasteiger charge is -2.10. The third-order valence-corrected chi connectivity index (χ3v) is 2.47. The summed E-state index contributed by atoms with van der Waals surface area (Å²) in [6, 6.07) is 3.81. The number of pyridine rings is 1. The van der Waals surface area contributed by atoms with Crippen molar-refractivity contribution < 1.29 is 4.74 Å². The largest absolute Gasteiger partial charge is 0.473 e. The minimum absolute atomic E-state index is 0.286. The molecule has 1 fully saturated rings. The van der Waals surface area contributed by atoms with Crippen molar-refractivity contribution >= 4 is 15.9 Å². The highest BCUT2D eigenvalue weighted by molar-refractivity contribution is 9.10. The molecular weight excluding hydrogens is 232 g/mol. The summed E-state index contributed by atoms with van der Waals surface area (Å²) in [5, 5.41) is 3.24. The highest BCUT2D eigenvalue weighted by Crippen LogP contribution is 2.15. The Hall–Kier alpha value is -0.610. The van der Waals surface area contributed by atoms with Crippen molar-refractivity contribution in [3.63, 3.8) is 0 Å². The smallest absolute Gasteiger partial charge is 0.213 e. The number of aromatic nitrogens is 1. The van der Waals surface area contributed by atoms with E-state index in [-0.39, 0.29) is 6.10 Å². The lowest BCUT2D eigenvalue weighted by molar-refractivity contribution is 0.214. The first-order valence-electron chi connectivity index (χ1n) is 4.33. The number of halogens is 1. The monoisotopic (exact) mass is 242 g/mol. The van der Waals surface area contributed by atoms with E-state index in [0.717, 1.165) is 24.0 Å². The van der Waals surface area contributed by atoms with Gasteiger partial charge >= 0.3 is 0 Å². The van der Waals surface area contributed by atoms with Gasteiger partial charge in [0.25, 0.3) is 0 Å². The molecule has 70 valence electrons. The SMILES string of the molecule is Brc1ccc(O[C@H]2CCNC2)nc1. The summed E-state index contributed by atoms with van der Waals surface area (Å²) in [7, 11) is 0. The third-order valence-electron chi connectivity index (χ3n) is 2.00. The molecule has 4 heteroatoms. The standard InChI is InChI=1S/C9H11BrN2O/c10-7-1-2-9(12-5-7)13-8-3-4-11-6-8/h1-2,5,8,11H,3-4,6H2/t8-/m0/s1. The van der Waals surface area contributed by atoms with Gasteiger partial charge in [0.15, 0.2) is 0 Å². The van der Waals surface area contributed by atoms with E-state index in [4.69, 9.17) is 4.74 Å². The van der Waals surface area contributed by atoms with Crippen LogP contribution >= 0.6 is 15.9 Å². The van der Waals surface area contributed by atoms with Crippen LogP contribution in [-0.4, -0.2) is 24.2 Å². The van der Waals surface area contributed by atoms with Crippen LogP contribution in [0.2, 0.25) is 0 Å². The number of hydrogen-bond acceptors (Lipinski definition) is 3. The predicted octanol–water partition coefficient (Wildman–Crippen LogP) is 1.58. The Morgan fingerprint density at radius 2 is 2.46 bits per heavy atom. The van der Waals surface area contributed by atoms with Crippen LogP contribution in [0.25, 0.3) is 0 Å². The molecule has 2 rings (SSSR count). The fourth-order valence-corrected chi connectivity index (χ4v) is 1.57. The highest BCUT2D eigenvalue weighted by atomic mass is 79.9. The van der Waals surface area contributed by atoms with Gasteiger partial charge in [-0.1, -0.05) is 0 Å². The maximum atomic E-state index is 5.64. The van der Waals surface area contributed by atoms with E-state index in [1.54, 1.807) is 6.20 Å². The Balaban J connectivity index is 1.97. The van der Waals surface area contributed by atoms with E-state index in [1.807, 2.05) is 12.1 Å². The van der Waals surface area contributed by atoms with E-state index in [1.165, 1.54) is 0 Å². The zero-order valence-electron chi connectivity index (χ0n) is 7.16. The topological polar surface area (TPSA) is 34.1 Å². The summed E-state index contributed by atoms with van der Waals surface area (Å²) in [4.78, 5) is 4.14. The van der Waals surface area contributed by atoms with Gasteiger partial charge in [0, 0.05) is 23.3 Å². The molecular formula is C9H11BrN2O. The van der Waals surface area contributed by atoms with Gasteiger partial charge in [-0.25, -0.2) is 4.98 Å². The van der Waals surface area contributed by atoms with Crippen molar-refractivity contribution in [3.05, 3.63) is 22.8 Å². The molecule has 1 aromatic rings. The first kappa shape index (κ1) is 8.97. The van der Waals surface area contributed by atoms with Crippen LogP contribution in [0.3, 0.4) is 0 Å². The minimum Gasteiger partial charge on any atom is -0.473 e. The molecule has 3 nitrogen and oxygen atoms in total. The van der Waals surface area contributed by atoms with Crippen molar-refractivity contribution in [2.75, 3.05) is 13.1 Å². The quantitative estimate of drug-likeness (QED) is 0.856. The van der Waals surface area contributed by atoms with Gasteiger partial charge in [0.2, 0.25) is 5.88 Å². The molecule has 0 amide bonds. The Morgan fingerprint density at radius 3 is 3.08 bits per heavy atom. The summed E-state index contributed by atoms with van der Waals surface area (Å²) in [6.07, 6.45) is 3.10. The van der Waals surface area contributed by atoms with Crippen molar-refractivity contribution in [2.45, 2.75) is 12.5 Å². The summed E-state index contributed by atoms with van der Waals surface area (Å²) in [6.45, 7) is 1.97. The van der Waals surface area contributed by atoms with E-state index >= 15 is 0 Å². The second-order valence-electron chi connectivity index (χ2n) is 3.05. The Labute approximate surface area is 85.6 Å². The van der Waals surface area contributed by atoms with E-state index in [2.05, 4.69) is 26.2 Å². The summed E-state index contributed by atoms with van der Waals surface area (Å²) in [5.41, 5.74) is 0. The summed E-state index contributed by atoms with van der Waals surface area (Å²) in [5.74, 6) is 0.705. The summed E-state index contributed by atoms with van der Waals surface area (Å²) < 4.78 is 6.61. The first-order valence-corrected chi connectivity index (χ1v) is 5.13. The van der Waals surface area contributed by atoms with Crippen molar-refractivity contribution in [1.82, 2.24) is 10.3 Å². The van der Waals surface area contributed by atoms with Crippen molar-refractivity contribution in [3.8, 4) is 5.88 Å². The highest BCUT2D eigenvalue weighted by Gasteiger charge is 2.15. The maximum absolute atomic E-state index is 5.64. The van der Waals surface area contributed by atoms with Crippen LogP contribution in [0.15, 0.2) is 22.8 Å². The van der Waals surface area contributed by atoms with Crippen molar-refractivity contribution in [2.24, 2.45) is 0 Å². The molecule has 0 bridgehead atoms. The molecule has 0 aliphatic carbocycles. The molecule has 0 spiro atoms. The Bertz CT molecular complexity index is 269. The fraction of sp³-hybridized carbons (Fsp3) is 0.444.